The van der Waals surface area contributed by atoms with Crippen molar-refractivity contribution in [1.82, 2.24) is 4.98 Å². The van der Waals surface area contributed by atoms with Crippen molar-refractivity contribution in [2.45, 2.75) is 0 Å². The molecule has 2 aromatic rings. The molecular weight excluding hydrogens is 308 g/mol. The fourth-order valence-corrected chi connectivity index (χ4v) is 2.05. The Morgan fingerprint density at radius 2 is 2.11 bits per heavy atom. The molecule has 1 aromatic heterocycles. The van der Waals surface area contributed by atoms with Crippen LogP contribution < -0.4 is 9.64 Å². The van der Waals surface area contributed by atoms with E-state index in [4.69, 9.17) is 4.74 Å². The van der Waals surface area contributed by atoms with Gasteiger partial charge < -0.3 is 4.74 Å². The fourth-order valence-electron chi connectivity index (χ4n) is 1.68. The van der Waals surface area contributed by atoms with Crippen molar-refractivity contribution in [3.8, 4) is 5.75 Å². The summed E-state index contributed by atoms with van der Waals surface area (Å²) in [5.74, 6) is 0.961. The van der Waals surface area contributed by atoms with Crippen molar-refractivity contribution < 1.29 is 9.53 Å². The highest BCUT2D eigenvalue weighted by atomic mass is 79.9. The summed E-state index contributed by atoms with van der Waals surface area (Å²) in [6.07, 6.45) is 1.65. The van der Waals surface area contributed by atoms with Gasteiger partial charge in [-0.2, -0.15) is 0 Å². The largest absolute Gasteiger partial charge is 0.496 e. The van der Waals surface area contributed by atoms with Gasteiger partial charge in [-0.05, 0) is 30.3 Å². The zero-order valence-electron chi connectivity index (χ0n) is 10.6. The Kier molecular flexibility index (Phi) is 4.16. The highest BCUT2D eigenvalue weighted by Gasteiger charge is 2.18. The zero-order chi connectivity index (χ0) is 13.8. The number of carbonyl (C=O) groups excluding carboxylic acids is 1. The number of pyridine rings is 1. The standard InChI is InChI=1S/C14H13BrN2O2/c1-17(13-5-3-4-8-16-13)14(18)11-9-10(15)6-7-12(11)19-2/h3-9H,1-2H3. The topological polar surface area (TPSA) is 42.4 Å². The van der Waals surface area contributed by atoms with Gasteiger partial charge in [-0.1, -0.05) is 22.0 Å². The molecule has 5 heteroatoms. The van der Waals surface area contributed by atoms with E-state index in [0.717, 1.165) is 4.47 Å². The number of carbonyl (C=O) groups is 1. The Bertz CT molecular complexity index is 587. The first kappa shape index (κ1) is 13.5. The third kappa shape index (κ3) is 2.93. The van der Waals surface area contributed by atoms with Crippen LogP contribution in [0.4, 0.5) is 5.82 Å². The Morgan fingerprint density at radius 1 is 1.32 bits per heavy atom. The molecule has 0 N–H and O–H groups in total. The third-order valence-electron chi connectivity index (χ3n) is 2.69. The number of anilines is 1. The van der Waals surface area contributed by atoms with Crippen molar-refractivity contribution >= 4 is 27.7 Å². The molecule has 0 bridgehead atoms. The molecule has 1 aromatic carbocycles. The SMILES string of the molecule is COc1ccc(Br)cc1C(=O)N(C)c1ccccn1. The molecule has 0 spiro atoms. The van der Waals surface area contributed by atoms with E-state index < -0.39 is 0 Å². The minimum absolute atomic E-state index is 0.170. The third-order valence-corrected chi connectivity index (χ3v) is 3.18. The number of rotatable bonds is 3. The Hall–Kier alpha value is -1.88. The lowest BCUT2D eigenvalue weighted by molar-refractivity contribution is 0.0989. The van der Waals surface area contributed by atoms with Gasteiger partial charge in [0.05, 0.1) is 12.7 Å². The highest BCUT2D eigenvalue weighted by molar-refractivity contribution is 9.10. The van der Waals surface area contributed by atoms with Crippen LogP contribution >= 0.6 is 15.9 Å². The van der Waals surface area contributed by atoms with E-state index in [2.05, 4.69) is 20.9 Å². The van der Waals surface area contributed by atoms with Crippen LogP contribution in [-0.4, -0.2) is 25.0 Å². The van der Waals surface area contributed by atoms with Crippen molar-refractivity contribution in [2.24, 2.45) is 0 Å². The van der Waals surface area contributed by atoms with Crippen LogP contribution in [0.25, 0.3) is 0 Å². The van der Waals surface area contributed by atoms with Crippen LogP contribution in [-0.2, 0) is 0 Å². The van der Waals surface area contributed by atoms with Crippen LogP contribution in [0.15, 0.2) is 47.1 Å². The molecule has 1 heterocycles. The smallest absolute Gasteiger partial charge is 0.262 e. The van der Waals surface area contributed by atoms with Gasteiger partial charge in [0.2, 0.25) is 0 Å². The number of ether oxygens (including phenoxy) is 1. The average molecular weight is 321 g/mol. The van der Waals surface area contributed by atoms with Crippen LogP contribution in [0.3, 0.4) is 0 Å². The zero-order valence-corrected chi connectivity index (χ0v) is 12.2. The van der Waals surface area contributed by atoms with Gasteiger partial charge in [-0.15, -0.1) is 0 Å². The first-order valence-electron chi connectivity index (χ1n) is 5.66. The first-order chi connectivity index (χ1) is 9.13. The molecule has 0 unspecified atom stereocenters. The molecule has 0 fully saturated rings. The van der Waals surface area contributed by atoms with E-state index in [1.54, 1.807) is 38.6 Å². The molecule has 0 radical (unpaired) electrons. The molecule has 0 saturated carbocycles. The van der Waals surface area contributed by atoms with Crippen molar-refractivity contribution in [2.75, 3.05) is 19.1 Å². The van der Waals surface area contributed by atoms with Crippen LogP contribution in [0, 0.1) is 0 Å². The second kappa shape index (κ2) is 5.84. The lowest BCUT2D eigenvalue weighted by atomic mass is 10.1. The molecule has 0 aliphatic heterocycles. The quantitative estimate of drug-likeness (QED) is 0.872. The molecule has 0 saturated heterocycles. The second-order valence-corrected chi connectivity index (χ2v) is 4.81. The minimum Gasteiger partial charge on any atom is -0.496 e. The molecule has 98 valence electrons. The predicted octanol–water partition coefficient (Wildman–Crippen LogP) is 3.13. The van der Waals surface area contributed by atoms with Gasteiger partial charge in [0.1, 0.15) is 11.6 Å². The normalized spacial score (nSPS) is 10.1. The highest BCUT2D eigenvalue weighted by Crippen LogP contribution is 2.25. The lowest BCUT2D eigenvalue weighted by Crippen LogP contribution is -2.27. The van der Waals surface area contributed by atoms with Crippen LogP contribution in [0.5, 0.6) is 5.75 Å². The number of hydrogen-bond acceptors (Lipinski definition) is 3. The fraction of sp³-hybridized carbons (Fsp3) is 0.143. The van der Waals surface area contributed by atoms with Crippen molar-refractivity contribution in [3.05, 3.63) is 52.6 Å². The van der Waals surface area contributed by atoms with Gasteiger partial charge in [-0.3, -0.25) is 9.69 Å². The summed E-state index contributed by atoms with van der Waals surface area (Å²) in [5, 5.41) is 0. The molecule has 1 amide bonds. The number of aromatic nitrogens is 1. The van der Waals surface area contributed by atoms with Gasteiger partial charge in [0.25, 0.3) is 5.91 Å². The molecule has 4 nitrogen and oxygen atoms in total. The van der Waals surface area contributed by atoms with Crippen molar-refractivity contribution in [1.29, 1.82) is 0 Å². The summed E-state index contributed by atoms with van der Waals surface area (Å²) in [4.78, 5) is 18.1. The lowest BCUT2D eigenvalue weighted by Gasteiger charge is -2.17. The Morgan fingerprint density at radius 3 is 2.74 bits per heavy atom. The van der Waals surface area contributed by atoms with E-state index in [1.165, 1.54) is 4.90 Å². The number of halogens is 1. The van der Waals surface area contributed by atoms with E-state index >= 15 is 0 Å². The minimum atomic E-state index is -0.170. The predicted molar refractivity (Wildman–Crippen MR) is 77.7 cm³/mol. The summed E-state index contributed by atoms with van der Waals surface area (Å²) >= 11 is 3.36. The van der Waals surface area contributed by atoms with Gasteiger partial charge in [-0.25, -0.2) is 4.98 Å². The summed E-state index contributed by atoms with van der Waals surface area (Å²) < 4.78 is 6.04. The number of hydrogen-bond donors (Lipinski definition) is 0. The molecule has 0 atom stereocenters. The number of methoxy groups -OCH3 is 1. The van der Waals surface area contributed by atoms with Gasteiger partial charge >= 0.3 is 0 Å². The van der Waals surface area contributed by atoms with E-state index in [9.17, 15) is 4.79 Å². The average Bonchev–Trinajstić information content (AvgIpc) is 2.46. The Labute approximate surface area is 120 Å². The number of benzene rings is 1. The van der Waals surface area contributed by atoms with Crippen LogP contribution in [0.1, 0.15) is 10.4 Å². The maximum absolute atomic E-state index is 12.5. The summed E-state index contributed by atoms with van der Waals surface area (Å²) in [7, 11) is 3.23. The first-order valence-corrected chi connectivity index (χ1v) is 6.45. The summed E-state index contributed by atoms with van der Waals surface area (Å²) in [6.45, 7) is 0. The summed E-state index contributed by atoms with van der Waals surface area (Å²) in [6, 6.07) is 10.7. The van der Waals surface area contributed by atoms with Crippen molar-refractivity contribution in [3.63, 3.8) is 0 Å². The molecule has 0 aliphatic rings. The van der Waals surface area contributed by atoms with E-state index in [0.29, 0.717) is 17.1 Å². The van der Waals surface area contributed by atoms with Gasteiger partial charge in [0.15, 0.2) is 0 Å². The number of amides is 1. The number of nitrogens with zero attached hydrogens (tertiary/aromatic N) is 2. The van der Waals surface area contributed by atoms with Crippen LogP contribution in [0.2, 0.25) is 0 Å². The monoisotopic (exact) mass is 320 g/mol. The molecule has 0 aliphatic carbocycles. The van der Waals surface area contributed by atoms with E-state index in [1.807, 2.05) is 18.2 Å². The maximum Gasteiger partial charge on any atom is 0.262 e. The molecule has 19 heavy (non-hydrogen) atoms. The Balaban J connectivity index is 2.37. The molecule has 2 rings (SSSR count). The van der Waals surface area contributed by atoms with E-state index in [-0.39, 0.29) is 5.91 Å². The molecular formula is C14H13BrN2O2. The second-order valence-electron chi connectivity index (χ2n) is 3.90. The van der Waals surface area contributed by atoms with Gasteiger partial charge in [0, 0.05) is 17.7 Å². The summed E-state index contributed by atoms with van der Waals surface area (Å²) in [5.41, 5.74) is 0.491. The maximum atomic E-state index is 12.5.